The molecule has 2 heterocycles. The van der Waals surface area contributed by atoms with Gasteiger partial charge in [0.25, 0.3) is 11.8 Å². The molecule has 27 heavy (non-hydrogen) atoms. The van der Waals surface area contributed by atoms with E-state index in [4.69, 9.17) is 12.2 Å². The molecule has 136 valence electrons. The molecule has 2 aromatic rings. The van der Waals surface area contributed by atoms with Crippen LogP contribution < -0.4 is 15.1 Å². The summed E-state index contributed by atoms with van der Waals surface area (Å²) in [5, 5.41) is 2.71. The minimum Gasteiger partial charge on any atom is -0.347 e. The van der Waals surface area contributed by atoms with Gasteiger partial charge in [0, 0.05) is 22.9 Å². The summed E-state index contributed by atoms with van der Waals surface area (Å²) in [6.07, 6.45) is 3.60. The molecule has 5 nitrogen and oxygen atoms in total. The van der Waals surface area contributed by atoms with Gasteiger partial charge in [0.1, 0.15) is 5.57 Å². The molecule has 2 aliphatic rings. The molecular weight excluding hydrogens is 426 g/mol. The van der Waals surface area contributed by atoms with Crippen LogP contribution in [0.3, 0.4) is 0 Å². The van der Waals surface area contributed by atoms with E-state index in [1.165, 1.54) is 10.5 Å². The molecule has 0 bridgehead atoms. The van der Waals surface area contributed by atoms with Gasteiger partial charge in [-0.3, -0.25) is 19.8 Å². The summed E-state index contributed by atoms with van der Waals surface area (Å²) >= 11 is 8.62. The van der Waals surface area contributed by atoms with Gasteiger partial charge in [-0.15, -0.1) is 0 Å². The summed E-state index contributed by atoms with van der Waals surface area (Å²) in [6.45, 7) is 0.754. The molecule has 0 unspecified atom stereocenters. The second kappa shape index (κ2) is 7.25. The molecule has 2 aliphatic heterocycles. The number of aryl methyl sites for hydroxylation is 1. The number of amides is 2. The SMILES string of the molecule is O=C1NC(=S)N(c2ccc(Br)cc2)C(=O)C1=CN1CCCc2ccccc21. The molecule has 0 saturated carbocycles. The Morgan fingerprint density at radius 2 is 1.81 bits per heavy atom. The van der Waals surface area contributed by atoms with Crippen molar-refractivity contribution in [1.82, 2.24) is 5.32 Å². The Kier molecular flexibility index (Phi) is 4.80. The monoisotopic (exact) mass is 441 g/mol. The number of para-hydroxylation sites is 1. The number of carbonyl (C=O) groups is 2. The molecule has 0 spiro atoms. The van der Waals surface area contributed by atoms with Crippen LogP contribution in [0.4, 0.5) is 11.4 Å². The summed E-state index contributed by atoms with van der Waals surface area (Å²) in [4.78, 5) is 28.9. The average Bonchev–Trinajstić information content (AvgIpc) is 2.66. The van der Waals surface area contributed by atoms with E-state index in [9.17, 15) is 9.59 Å². The van der Waals surface area contributed by atoms with Crippen LogP contribution in [0.2, 0.25) is 0 Å². The van der Waals surface area contributed by atoms with Gasteiger partial charge in [0.05, 0.1) is 5.69 Å². The van der Waals surface area contributed by atoms with E-state index >= 15 is 0 Å². The van der Waals surface area contributed by atoms with Gasteiger partial charge >= 0.3 is 0 Å². The highest BCUT2D eigenvalue weighted by Crippen LogP contribution is 2.29. The van der Waals surface area contributed by atoms with Gasteiger partial charge in [-0.25, -0.2) is 0 Å². The first kappa shape index (κ1) is 17.9. The molecule has 4 rings (SSSR count). The Morgan fingerprint density at radius 3 is 2.59 bits per heavy atom. The molecule has 7 heteroatoms. The van der Waals surface area contributed by atoms with Crippen molar-refractivity contribution in [3.8, 4) is 0 Å². The van der Waals surface area contributed by atoms with Gasteiger partial charge < -0.3 is 4.90 Å². The Morgan fingerprint density at radius 1 is 1.07 bits per heavy atom. The summed E-state index contributed by atoms with van der Waals surface area (Å²) in [7, 11) is 0. The molecule has 2 aromatic carbocycles. The first-order valence-electron chi connectivity index (χ1n) is 8.56. The molecule has 2 amide bonds. The van der Waals surface area contributed by atoms with Crippen molar-refractivity contribution in [1.29, 1.82) is 0 Å². The fourth-order valence-corrected chi connectivity index (χ4v) is 3.87. The molecule has 1 saturated heterocycles. The first-order chi connectivity index (χ1) is 13.0. The predicted octanol–water partition coefficient (Wildman–Crippen LogP) is 3.53. The predicted molar refractivity (Wildman–Crippen MR) is 113 cm³/mol. The number of halogens is 1. The van der Waals surface area contributed by atoms with E-state index in [-0.39, 0.29) is 10.7 Å². The van der Waals surface area contributed by atoms with Crippen LogP contribution in [0.1, 0.15) is 12.0 Å². The topological polar surface area (TPSA) is 52.7 Å². The van der Waals surface area contributed by atoms with E-state index in [0.29, 0.717) is 5.69 Å². The molecule has 1 fully saturated rings. The number of rotatable bonds is 2. The smallest absolute Gasteiger partial charge is 0.271 e. The van der Waals surface area contributed by atoms with Crippen molar-refractivity contribution < 1.29 is 9.59 Å². The van der Waals surface area contributed by atoms with Crippen molar-refractivity contribution in [2.75, 3.05) is 16.3 Å². The first-order valence-corrected chi connectivity index (χ1v) is 9.76. The maximum Gasteiger partial charge on any atom is 0.271 e. The highest BCUT2D eigenvalue weighted by atomic mass is 79.9. The number of thiocarbonyl (C=S) groups is 1. The highest BCUT2D eigenvalue weighted by Gasteiger charge is 2.35. The lowest BCUT2D eigenvalue weighted by atomic mass is 10.0. The lowest BCUT2D eigenvalue weighted by Crippen LogP contribution is -2.54. The summed E-state index contributed by atoms with van der Waals surface area (Å²) in [6, 6.07) is 15.3. The largest absolute Gasteiger partial charge is 0.347 e. The van der Waals surface area contributed by atoms with Gasteiger partial charge in [-0.05, 0) is 61.0 Å². The van der Waals surface area contributed by atoms with Crippen molar-refractivity contribution in [2.45, 2.75) is 12.8 Å². The number of carbonyl (C=O) groups excluding carboxylic acids is 2. The Hall–Kier alpha value is -2.51. The van der Waals surface area contributed by atoms with Crippen molar-refractivity contribution in [2.24, 2.45) is 0 Å². The number of nitrogens with one attached hydrogen (secondary N) is 1. The van der Waals surface area contributed by atoms with Crippen LogP contribution in [0.15, 0.2) is 64.8 Å². The third-order valence-electron chi connectivity index (χ3n) is 4.62. The zero-order valence-electron chi connectivity index (χ0n) is 14.3. The van der Waals surface area contributed by atoms with Crippen LogP contribution in [0.25, 0.3) is 0 Å². The Bertz CT molecular complexity index is 971. The third-order valence-corrected chi connectivity index (χ3v) is 5.43. The summed E-state index contributed by atoms with van der Waals surface area (Å²) < 4.78 is 0.895. The van der Waals surface area contributed by atoms with Gasteiger partial charge in [0.2, 0.25) is 0 Å². The third kappa shape index (κ3) is 3.40. The Labute approximate surface area is 170 Å². The number of anilines is 2. The summed E-state index contributed by atoms with van der Waals surface area (Å²) in [5.41, 5.74) is 2.92. The van der Waals surface area contributed by atoms with E-state index in [2.05, 4.69) is 27.3 Å². The normalized spacial score (nSPS) is 18.6. The molecule has 0 aliphatic carbocycles. The van der Waals surface area contributed by atoms with Gasteiger partial charge in [-0.1, -0.05) is 34.1 Å². The second-order valence-corrected chi connectivity index (χ2v) is 7.65. The zero-order valence-corrected chi connectivity index (χ0v) is 16.7. The molecule has 0 atom stereocenters. The standard InChI is InChI=1S/C20H16BrN3O2S/c21-14-7-9-15(10-8-14)24-19(26)16(18(25)22-20(24)27)12-23-11-3-5-13-4-1-2-6-17(13)23/h1-2,4,6-10,12H,3,5,11H2,(H,22,25,27). The minimum atomic E-state index is -0.471. The lowest BCUT2D eigenvalue weighted by molar-refractivity contribution is -0.122. The fraction of sp³-hybridized carbons (Fsp3) is 0.150. The van der Waals surface area contributed by atoms with E-state index in [1.807, 2.05) is 35.2 Å². The van der Waals surface area contributed by atoms with Crippen LogP contribution in [0, 0.1) is 0 Å². The van der Waals surface area contributed by atoms with Crippen molar-refractivity contribution in [3.63, 3.8) is 0 Å². The zero-order chi connectivity index (χ0) is 19.0. The number of benzene rings is 2. The maximum atomic E-state index is 13.1. The molecule has 0 aromatic heterocycles. The number of hydrogen-bond acceptors (Lipinski definition) is 4. The van der Waals surface area contributed by atoms with Gasteiger partial charge in [-0.2, -0.15) is 0 Å². The average molecular weight is 442 g/mol. The van der Waals surface area contributed by atoms with Crippen LogP contribution >= 0.6 is 28.1 Å². The van der Waals surface area contributed by atoms with E-state index < -0.39 is 11.8 Å². The lowest BCUT2D eigenvalue weighted by Gasteiger charge is -2.32. The van der Waals surface area contributed by atoms with Crippen LogP contribution in [-0.4, -0.2) is 23.5 Å². The number of nitrogens with zero attached hydrogens (tertiary/aromatic N) is 2. The number of hydrogen-bond donors (Lipinski definition) is 1. The quantitative estimate of drug-likeness (QED) is 0.439. The maximum absolute atomic E-state index is 13.1. The van der Waals surface area contributed by atoms with E-state index in [0.717, 1.165) is 29.5 Å². The number of fused-ring (bicyclic) bond motifs is 1. The van der Waals surface area contributed by atoms with Crippen LogP contribution in [-0.2, 0) is 16.0 Å². The van der Waals surface area contributed by atoms with E-state index in [1.54, 1.807) is 18.3 Å². The fourth-order valence-electron chi connectivity index (χ4n) is 3.32. The van der Waals surface area contributed by atoms with Crippen molar-refractivity contribution >= 4 is 56.4 Å². The molecular formula is C20H16BrN3O2S. The molecule has 1 N–H and O–H groups in total. The summed E-state index contributed by atoms with van der Waals surface area (Å²) in [5.74, 6) is -0.893. The highest BCUT2D eigenvalue weighted by molar-refractivity contribution is 9.10. The minimum absolute atomic E-state index is 0.0724. The van der Waals surface area contributed by atoms with Crippen molar-refractivity contribution in [3.05, 3.63) is 70.3 Å². The van der Waals surface area contributed by atoms with Gasteiger partial charge in [0.15, 0.2) is 5.11 Å². The Balaban J connectivity index is 1.71. The second-order valence-electron chi connectivity index (χ2n) is 6.34. The van der Waals surface area contributed by atoms with Crippen LogP contribution in [0.5, 0.6) is 0 Å². The molecule has 0 radical (unpaired) electrons.